The molecule has 2 aliphatic rings. The van der Waals surface area contributed by atoms with Gasteiger partial charge in [0.05, 0.1) is 41.8 Å². The molecule has 214 valence electrons. The third-order valence-corrected chi connectivity index (χ3v) is 7.90. The van der Waals surface area contributed by atoms with Gasteiger partial charge in [0.25, 0.3) is 0 Å². The Hall–Kier alpha value is -4.18. The van der Waals surface area contributed by atoms with Crippen LogP contribution in [0.25, 0.3) is 11.1 Å². The summed E-state index contributed by atoms with van der Waals surface area (Å²) in [5, 5.41) is 5.67. The Balaban J connectivity index is 1.47. The molecular formula is C30H31ClFN5O4. The summed E-state index contributed by atoms with van der Waals surface area (Å²) in [5.74, 6) is -1.10. The Morgan fingerprint density at radius 3 is 2.76 bits per heavy atom. The Labute approximate surface area is 242 Å². The van der Waals surface area contributed by atoms with Crippen LogP contribution in [0.3, 0.4) is 0 Å². The van der Waals surface area contributed by atoms with Crippen LogP contribution in [-0.4, -0.2) is 54.5 Å². The second-order valence-electron chi connectivity index (χ2n) is 10.3. The number of fused-ring (bicyclic) bond motifs is 4. The lowest BCUT2D eigenvalue weighted by Crippen LogP contribution is -2.52. The summed E-state index contributed by atoms with van der Waals surface area (Å²) in [7, 11) is 1.28. The van der Waals surface area contributed by atoms with Crippen molar-refractivity contribution in [2.75, 3.05) is 42.3 Å². The zero-order valence-corrected chi connectivity index (χ0v) is 23.6. The number of anilines is 3. The summed E-state index contributed by atoms with van der Waals surface area (Å²) in [6.45, 7) is 2.71. The molecule has 0 unspecified atom stereocenters. The van der Waals surface area contributed by atoms with Crippen molar-refractivity contribution >= 4 is 46.6 Å². The van der Waals surface area contributed by atoms with E-state index in [1.165, 1.54) is 13.2 Å². The summed E-state index contributed by atoms with van der Waals surface area (Å²) in [6, 6.07) is 13.5. The summed E-state index contributed by atoms with van der Waals surface area (Å²) in [6.07, 6.45) is 3.01. The fraction of sp³-hybridized carbons (Fsp3) is 0.333. The molecule has 2 aliphatic heterocycles. The summed E-state index contributed by atoms with van der Waals surface area (Å²) in [5.41, 5.74) is 3.61. The largest absolute Gasteiger partial charge is 0.453 e. The third-order valence-electron chi connectivity index (χ3n) is 7.61. The van der Waals surface area contributed by atoms with Crippen LogP contribution in [0.4, 0.5) is 26.2 Å². The van der Waals surface area contributed by atoms with Gasteiger partial charge >= 0.3 is 6.09 Å². The smallest absolute Gasteiger partial charge is 0.411 e. The first-order valence-corrected chi connectivity index (χ1v) is 13.9. The maximum absolute atomic E-state index is 14.7. The molecule has 41 heavy (non-hydrogen) atoms. The predicted octanol–water partition coefficient (Wildman–Crippen LogP) is 5.87. The van der Waals surface area contributed by atoms with Crippen LogP contribution in [-0.2, 0) is 14.3 Å². The number of carbonyl (C=O) groups excluding carboxylic acids is 3. The normalized spacial score (nSPS) is 19.4. The quantitative estimate of drug-likeness (QED) is 0.402. The molecule has 2 bridgehead atoms. The molecule has 0 aliphatic carbocycles. The van der Waals surface area contributed by atoms with Gasteiger partial charge in [0.15, 0.2) is 5.82 Å². The lowest BCUT2D eigenvalue weighted by atomic mass is 9.94. The Kier molecular flexibility index (Phi) is 8.39. The number of nitrogens with one attached hydrogen (secondary N) is 2. The zero-order chi connectivity index (χ0) is 29.1. The highest BCUT2D eigenvalue weighted by Gasteiger charge is 2.33. The van der Waals surface area contributed by atoms with E-state index in [4.69, 9.17) is 16.3 Å². The van der Waals surface area contributed by atoms with Crippen LogP contribution in [0.15, 0.2) is 54.7 Å². The van der Waals surface area contributed by atoms with E-state index in [1.807, 2.05) is 30.0 Å². The number of nitrogens with zero attached hydrogens (tertiary/aromatic N) is 3. The highest BCUT2D eigenvalue weighted by molar-refractivity contribution is 6.31. The van der Waals surface area contributed by atoms with Crippen LogP contribution in [0.2, 0.25) is 5.02 Å². The van der Waals surface area contributed by atoms with E-state index in [1.54, 1.807) is 35.4 Å². The van der Waals surface area contributed by atoms with Crippen LogP contribution in [0, 0.1) is 11.7 Å². The molecule has 0 saturated carbocycles. The second kappa shape index (κ2) is 12.1. The third kappa shape index (κ3) is 6.12. The van der Waals surface area contributed by atoms with Gasteiger partial charge in [-0.1, -0.05) is 37.1 Å². The summed E-state index contributed by atoms with van der Waals surface area (Å²) in [4.78, 5) is 46.6. The minimum Gasteiger partial charge on any atom is -0.453 e. The number of benzene rings is 2. The van der Waals surface area contributed by atoms with Gasteiger partial charge in [-0.05, 0) is 54.8 Å². The fourth-order valence-electron chi connectivity index (χ4n) is 5.37. The highest BCUT2D eigenvalue weighted by atomic mass is 35.5. The Morgan fingerprint density at radius 2 is 1.98 bits per heavy atom. The topological polar surface area (TPSA) is 104 Å². The number of ether oxygens (including phenoxy) is 1. The van der Waals surface area contributed by atoms with Crippen LogP contribution in [0.1, 0.15) is 37.9 Å². The molecule has 0 spiro atoms. The molecule has 5 rings (SSSR count). The average molecular weight is 580 g/mol. The molecule has 9 nitrogen and oxygen atoms in total. The first-order valence-electron chi connectivity index (χ1n) is 13.5. The van der Waals surface area contributed by atoms with Gasteiger partial charge < -0.3 is 19.9 Å². The van der Waals surface area contributed by atoms with Gasteiger partial charge in [-0.25, -0.2) is 9.18 Å². The van der Waals surface area contributed by atoms with E-state index < -0.39 is 11.9 Å². The molecule has 2 N–H and O–H groups in total. The van der Waals surface area contributed by atoms with E-state index in [9.17, 15) is 18.8 Å². The second-order valence-corrected chi connectivity index (χ2v) is 10.7. The maximum Gasteiger partial charge on any atom is 0.411 e. The van der Waals surface area contributed by atoms with Gasteiger partial charge in [-0.3, -0.25) is 19.9 Å². The maximum atomic E-state index is 14.7. The van der Waals surface area contributed by atoms with Crippen molar-refractivity contribution in [3.63, 3.8) is 0 Å². The van der Waals surface area contributed by atoms with Crippen LogP contribution >= 0.6 is 11.6 Å². The van der Waals surface area contributed by atoms with Crippen molar-refractivity contribution in [2.24, 2.45) is 5.92 Å². The number of halogens is 2. The molecule has 3 heterocycles. The lowest BCUT2D eigenvalue weighted by Gasteiger charge is -2.40. The van der Waals surface area contributed by atoms with Crippen LogP contribution < -0.4 is 15.5 Å². The van der Waals surface area contributed by atoms with Gasteiger partial charge in [0, 0.05) is 36.5 Å². The number of rotatable bonds is 3. The summed E-state index contributed by atoms with van der Waals surface area (Å²) >= 11 is 5.98. The zero-order valence-electron chi connectivity index (χ0n) is 22.8. The van der Waals surface area contributed by atoms with Gasteiger partial charge in [0.1, 0.15) is 0 Å². The SMILES string of the molecule is COC(=O)Nc1ccc2c(c1)NC(=O)[C@H](C)CCC[C@H](N1CCN(c3cccc(Cl)c3F)CC1=O)c1cc-2ccn1. The standard InChI is InChI=1S/C30H31ClFN5O4/c1-18-5-3-7-25(37-14-13-36(17-27(37)38)26-8-4-6-22(31)28(26)32)24-15-19(11-12-33-24)21-10-9-20(34-30(40)41-2)16-23(21)35-29(18)39/h4,6,8-12,15-16,18,25H,3,5,7,13-14,17H2,1-2H3,(H,34,40)(H,35,39)/t18-,25+/m1/s1. The highest BCUT2D eigenvalue weighted by Crippen LogP contribution is 2.36. The van der Waals surface area contributed by atoms with Crippen LogP contribution in [0.5, 0.6) is 0 Å². The molecule has 1 aromatic heterocycles. The average Bonchev–Trinajstić information content (AvgIpc) is 2.96. The predicted molar refractivity (Wildman–Crippen MR) is 155 cm³/mol. The molecule has 0 radical (unpaired) electrons. The summed E-state index contributed by atoms with van der Waals surface area (Å²) < 4.78 is 19.4. The van der Waals surface area contributed by atoms with Gasteiger partial charge in [-0.15, -0.1) is 0 Å². The molecule has 2 aromatic carbocycles. The number of aromatic nitrogens is 1. The molecule has 11 heteroatoms. The van der Waals surface area contributed by atoms with Crippen molar-refractivity contribution in [3.05, 3.63) is 71.3 Å². The first-order chi connectivity index (χ1) is 19.7. The monoisotopic (exact) mass is 579 g/mol. The molecular weight excluding hydrogens is 549 g/mol. The molecule has 3 aromatic rings. The fourth-order valence-corrected chi connectivity index (χ4v) is 5.54. The van der Waals surface area contributed by atoms with Crippen molar-refractivity contribution < 1.29 is 23.5 Å². The number of pyridine rings is 1. The number of hydrogen-bond acceptors (Lipinski definition) is 6. The molecule has 2 atom stereocenters. The van der Waals surface area contributed by atoms with E-state index in [-0.39, 0.29) is 35.3 Å². The van der Waals surface area contributed by atoms with Crippen molar-refractivity contribution in [1.29, 1.82) is 0 Å². The minimum absolute atomic E-state index is 0.0179. The van der Waals surface area contributed by atoms with Gasteiger partial charge in [-0.2, -0.15) is 0 Å². The number of amides is 3. The van der Waals surface area contributed by atoms with E-state index >= 15 is 0 Å². The van der Waals surface area contributed by atoms with E-state index in [0.29, 0.717) is 49.4 Å². The Bertz CT molecular complexity index is 1480. The molecule has 1 fully saturated rings. The van der Waals surface area contributed by atoms with Crippen molar-refractivity contribution in [1.82, 2.24) is 9.88 Å². The Morgan fingerprint density at radius 1 is 1.15 bits per heavy atom. The van der Waals surface area contributed by atoms with Gasteiger partial charge in [0.2, 0.25) is 11.8 Å². The minimum atomic E-state index is -0.616. The molecule has 1 saturated heterocycles. The van der Waals surface area contributed by atoms with Crippen molar-refractivity contribution in [2.45, 2.75) is 32.2 Å². The number of piperazine rings is 1. The molecule has 3 amide bonds. The van der Waals surface area contributed by atoms with E-state index in [2.05, 4.69) is 15.6 Å². The van der Waals surface area contributed by atoms with E-state index in [0.717, 1.165) is 16.8 Å². The first kappa shape index (κ1) is 28.4. The number of hydrogen-bond donors (Lipinski definition) is 2. The lowest BCUT2D eigenvalue weighted by molar-refractivity contribution is -0.134. The number of methoxy groups -OCH3 is 1. The number of carbonyl (C=O) groups is 3. The van der Waals surface area contributed by atoms with Crippen molar-refractivity contribution in [3.8, 4) is 11.1 Å².